The van der Waals surface area contributed by atoms with Gasteiger partial charge in [-0.25, -0.2) is 0 Å². The second-order valence-electron chi connectivity index (χ2n) is 3.04. The third-order valence-corrected chi connectivity index (χ3v) is 2.07. The molecule has 0 N–H and O–H groups in total. The topological polar surface area (TPSA) is 52.4 Å². The van der Waals surface area contributed by atoms with Gasteiger partial charge in [-0.2, -0.15) is 0 Å². The maximum atomic E-state index is 10.7. The van der Waals surface area contributed by atoms with Crippen LogP contribution in [0.15, 0.2) is 12.1 Å². The zero-order chi connectivity index (χ0) is 10.7. The van der Waals surface area contributed by atoms with Crippen molar-refractivity contribution < 1.29 is 9.66 Å². The van der Waals surface area contributed by atoms with Gasteiger partial charge in [-0.15, -0.1) is 0 Å². The van der Waals surface area contributed by atoms with Gasteiger partial charge in [0.2, 0.25) is 0 Å². The molecule has 0 radical (unpaired) electrons. The minimum absolute atomic E-state index is 0.149. The first-order valence-corrected chi connectivity index (χ1v) is 4.45. The summed E-state index contributed by atoms with van der Waals surface area (Å²) in [6, 6.07) is 3.47. The second kappa shape index (κ2) is 4.09. The smallest absolute Gasteiger partial charge is 0.278 e. The largest absolute Gasteiger partial charge is 0.493 e. The first kappa shape index (κ1) is 10.5. The van der Waals surface area contributed by atoms with E-state index in [1.807, 2.05) is 6.92 Å². The molecule has 0 saturated heterocycles. The van der Waals surface area contributed by atoms with Crippen molar-refractivity contribution in [3.05, 3.63) is 33.4 Å². The maximum Gasteiger partial charge on any atom is 0.278 e. The van der Waals surface area contributed by atoms with Crippen molar-refractivity contribution in [2.24, 2.45) is 0 Å². The Morgan fingerprint density at radius 3 is 2.57 bits per heavy atom. The van der Waals surface area contributed by atoms with Crippen LogP contribution in [0, 0.1) is 24.0 Å². The van der Waals surface area contributed by atoms with Gasteiger partial charge in [0.15, 0.2) is 0 Å². The van der Waals surface area contributed by atoms with Gasteiger partial charge >= 0.3 is 0 Å². The highest BCUT2D eigenvalue weighted by atomic mass is 16.6. The molecule has 0 aliphatic carbocycles. The molecule has 0 heterocycles. The van der Waals surface area contributed by atoms with E-state index in [0.717, 1.165) is 0 Å². The van der Waals surface area contributed by atoms with Crippen molar-refractivity contribution in [3.63, 3.8) is 0 Å². The molecule has 0 bridgehead atoms. The average molecular weight is 195 g/mol. The van der Waals surface area contributed by atoms with Crippen LogP contribution in [0.1, 0.15) is 18.1 Å². The third-order valence-electron chi connectivity index (χ3n) is 2.07. The summed E-state index contributed by atoms with van der Waals surface area (Å²) >= 11 is 0. The van der Waals surface area contributed by atoms with Crippen molar-refractivity contribution in [3.8, 4) is 5.75 Å². The van der Waals surface area contributed by atoms with E-state index in [1.165, 1.54) is 0 Å². The van der Waals surface area contributed by atoms with Crippen LogP contribution >= 0.6 is 0 Å². The summed E-state index contributed by atoms with van der Waals surface area (Å²) in [7, 11) is 0. The molecule has 0 saturated carbocycles. The fourth-order valence-corrected chi connectivity index (χ4v) is 1.41. The van der Waals surface area contributed by atoms with Gasteiger partial charge in [0.1, 0.15) is 5.75 Å². The standard InChI is InChI=1S/C10H13NO3/c1-4-14-9-6-5-7(2)10(8(9)3)11(12)13/h5-6H,4H2,1-3H3. The summed E-state index contributed by atoms with van der Waals surface area (Å²) in [6.45, 7) is 5.79. The van der Waals surface area contributed by atoms with Crippen molar-refractivity contribution in [2.75, 3.05) is 6.61 Å². The molecule has 14 heavy (non-hydrogen) atoms. The summed E-state index contributed by atoms with van der Waals surface area (Å²) in [5.74, 6) is 0.588. The lowest BCUT2D eigenvalue weighted by Crippen LogP contribution is -1.99. The predicted octanol–water partition coefficient (Wildman–Crippen LogP) is 2.61. The van der Waals surface area contributed by atoms with E-state index in [1.54, 1.807) is 26.0 Å². The maximum absolute atomic E-state index is 10.7. The highest BCUT2D eigenvalue weighted by Gasteiger charge is 2.17. The molecule has 0 aromatic heterocycles. The molecule has 0 aliphatic rings. The van der Waals surface area contributed by atoms with Crippen LogP contribution in [0.4, 0.5) is 5.69 Å². The highest BCUT2D eigenvalue weighted by molar-refractivity contribution is 5.53. The van der Waals surface area contributed by atoms with E-state index in [-0.39, 0.29) is 10.6 Å². The molecule has 1 aromatic carbocycles. The summed E-state index contributed by atoms with van der Waals surface area (Å²) in [5.41, 5.74) is 1.41. The Balaban J connectivity index is 3.26. The Labute approximate surface area is 82.7 Å². The van der Waals surface area contributed by atoms with Crippen molar-refractivity contribution >= 4 is 5.69 Å². The summed E-state index contributed by atoms with van der Waals surface area (Å²) in [5, 5.41) is 10.7. The van der Waals surface area contributed by atoms with Crippen molar-refractivity contribution in [1.82, 2.24) is 0 Å². The minimum Gasteiger partial charge on any atom is -0.493 e. The van der Waals surface area contributed by atoms with Crippen molar-refractivity contribution in [2.45, 2.75) is 20.8 Å². The normalized spacial score (nSPS) is 9.93. The molecule has 76 valence electrons. The molecule has 0 aliphatic heterocycles. The van der Waals surface area contributed by atoms with Gasteiger partial charge in [0, 0.05) is 5.56 Å². The molecule has 1 aromatic rings. The Kier molecular flexibility index (Phi) is 3.06. The number of ether oxygens (including phenoxy) is 1. The zero-order valence-corrected chi connectivity index (χ0v) is 8.53. The van der Waals surface area contributed by atoms with Gasteiger partial charge in [-0.1, -0.05) is 0 Å². The van der Waals surface area contributed by atoms with Gasteiger partial charge in [0.05, 0.1) is 17.1 Å². The SMILES string of the molecule is CCOc1ccc(C)c([N+](=O)[O-])c1C. The Morgan fingerprint density at radius 2 is 2.07 bits per heavy atom. The number of rotatable bonds is 3. The van der Waals surface area contributed by atoms with Gasteiger partial charge in [-0.05, 0) is 32.9 Å². The average Bonchev–Trinajstić information content (AvgIpc) is 2.10. The van der Waals surface area contributed by atoms with E-state index < -0.39 is 0 Å². The third kappa shape index (κ3) is 1.84. The minimum atomic E-state index is -0.368. The number of nitro benzene ring substituents is 1. The fourth-order valence-electron chi connectivity index (χ4n) is 1.41. The lowest BCUT2D eigenvalue weighted by atomic mass is 10.1. The van der Waals surface area contributed by atoms with Crippen LogP contribution in [0.5, 0.6) is 5.75 Å². The summed E-state index contributed by atoms with van der Waals surface area (Å²) in [6.07, 6.45) is 0. The lowest BCUT2D eigenvalue weighted by Gasteiger charge is -2.08. The number of benzene rings is 1. The molecule has 0 amide bonds. The van der Waals surface area contributed by atoms with Crippen LogP contribution < -0.4 is 4.74 Å². The van der Waals surface area contributed by atoms with Gasteiger partial charge in [-0.3, -0.25) is 10.1 Å². The molecule has 4 heteroatoms. The number of aryl methyl sites for hydroxylation is 1. The lowest BCUT2D eigenvalue weighted by molar-refractivity contribution is -0.386. The quantitative estimate of drug-likeness (QED) is 0.550. The van der Waals surface area contributed by atoms with E-state index in [0.29, 0.717) is 23.5 Å². The first-order valence-electron chi connectivity index (χ1n) is 4.45. The van der Waals surface area contributed by atoms with Crippen LogP contribution in [0.3, 0.4) is 0 Å². The van der Waals surface area contributed by atoms with Crippen LogP contribution in [-0.2, 0) is 0 Å². The Bertz CT molecular complexity index is 361. The van der Waals surface area contributed by atoms with Crippen LogP contribution in [-0.4, -0.2) is 11.5 Å². The summed E-state index contributed by atoms with van der Waals surface area (Å²) < 4.78 is 5.28. The molecule has 0 fully saturated rings. The molecular formula is C10H13NO3. The van der Waals surface area contributed by atoms with E-state index in [4.69, 9.17) is 4.74 Å². The second-order valence-corrected chi connectivity index (χ2v) is 3.04. The molecule has 0 spiro atoms. The Morgan fingerprint density at radius 1 is 1.43 bits per heavy atom. The number of nitro groups is 1. The van der Waals surface area contributed by atoms with Crippen molar-refractivity contribution in [1.29, 1.82) is 0 Å². The molecule has 0 unspecified atom stereocenters. The van der Waals surface area contributed by atoms with Crippen LogP contribution in [0.2, 0.25) is 0 Å². The molecule has 0 atom stereocenters. The predicted molar refractivity (Wildman–Crippen MR) is 53.7 cm³/mol. The fraction of sp³-hybridized carbons (Fsp3) is 0.400. The van der Waals surface area contributed by atoms with E-state index in [2.05, 4.69) is 0 Å². The summed E-state index contributed by atoms with van der Waals surface area (Å²) in [4.78, 5) is 10.4. The molecular weight excluding hydrogens is 182 g/mol. The molecule has 4 nitrogen and oxygen atoms in total. The van der Waals surface area contributed by atoms with E-state index >= 15 is 0 Å². The first-order chi connectivity index (χ1) is 6.57. The molecule has 1 rings (SSSR count). The van der Waals surface area contributed by atoms with Gasteiger partial charge < -0.3 is 4.74 Å². The number of hydrogen-bond acceptors (Lipinski definition) is 3. The monoisotopic (exact) mass is 195 g/mol. The highest BCUT2D eigenvalue weighted by Crippen LogP contribution is 2.30. The van der Waals surface area contributed by atoms with Gasteiger partial charge in [0.25, 0.3) is 5.69 Å². The Hall–Kier alpha value is -1.58. The number of hydrogen-bond donors (Lipinski definition) is 0. The zero-order valence-electron chi connectivity index (χ0n) is 8.53. The van der Waals surface area contributed by atoms with Crippen LogP contribution in [0.25, 0.3) is 0 Å². The number of nitrogens with zero attached hydrogens (tertiary/aromatic N) is 1. The van der Waals surface area contributed by atoms with E-state index in [9.17, 15) is 10.1 Å².